The van der Waals surface area contributed by atoms with Crippen LogP contribution in [0.2, 0.25) is 0 Å². The van der Waals surface area contributed by atoms with Crippen molar-refractivity contribution < 1.29 is 9.59 Å². The molecule has 1 aromatic carbocycles. The molecule has 3 aliphatic rings. The molecule has 4 rings (SSSR count). The van der Waals surface area contributed by atoms with E-state index < -0.39 is 0 Å². The zero-order valence-corrected chi connectivity index (χ0v) is 16.3. The van der Waals surface area contributed by atoms with E-state index in [9.17, 15) is 9.59 Å². The number of hydrogen-bond acceptors (Lipinski definition) is 3. The molecule has 3 fully saturated rings. The summed E-state index contributed by atoms with van der Waals surface area (Å²) in [5.41, 5.74) is 1.89. The maximum Gasteiger partial charge on any atom is 0.221 e. The van der Waals surface area contributed by atoms with Crippen LogP contribution in [0.3, 0.4) is 0 Å². The molecule has 2 atom stereocenters. The summed E-state index contributed by atoms with van der Waals surface area (Å²) in [6.45, 7) is 3.49. The molecule has 1 saturated carbocycles. The Morgan fingerprint density at radius 2 is 2.04 bits per heavy atom. The van der Waals surface area contributed by atoms with Gasteiger partial charge in [-0.15, -0.1) is 0 Å². The minimum atomic E-state index is -0.176. The Labute approximate surface area is 161 Å². The molecule has 27 heavy (non-hydrogen) atoms. The van der Waals surface area contributed by atoms with Crippen molar-refractivity contribution in [2.24, 2.45) is 0 Å². The van der Waals surface area contributed by atoms with Gasteiger partial charge in [-0.05, 0) is 43.4 Å². The Morgan fingerprint density at radius 3 is 2.81 bits per heavy atom. The molecule has 0 aromatic heterocycles. The fourth-order valence-corrected chi connectivity index (χ4v) is 5.46. The number of likely N-dealkylation sites (tertiary alicyclic amines) is 1. The van der Waals surface area contributed by atoms with Gasteiger partial charge in [-0.2, -0.15) is 0 Å². The van der Waals surface area contributed by atoms with Crippen LogP contribution in [-0.2, 0) is 9.59 Å². The number of anilines is 1. The molecule has 2 N–H and O–H groups in total. The first-order valence-corrected chi connectivity index (χ1v) is 10.5. The Kier molecular flexibility index (Phi) is 5.22. The van der Waals surface area contributed by atoms with Crippen molar-refractivity contribution in [3.63, 3.8) is 0 Å². The minimum Gasteiger partial charge on any atom is -0.349 e. The van der Waals surface area contributed by atoms with Gasteiger partial charge in [0.15, 0.2) is 0 Å². The van der Waals surface area contributed by atoms with E-state index in [2.05, 4.69) is 27.7 Å². The lowest BCUT2D eigenvalue weighted by Gasteiger charge is -2.35. The van der Waals surface area contributed by atoms with Crippen LogP contribution < -0.4 is 10.6 Å². The van der Waals surface area contributed by atoms with Gasteiger partial charge in [0.2, 0.25) is 11.8 Å². The lowest BCUT2D eigenvalue weighted by molar-refractivity contribution is -0.122. The summed E-state index contributed by atoms with van der Waals surface area (Å²) < 4.78 is 0. The summed E-state index contributed by atoms with van der Waals surface area (Å²) in [5, 5.41) is 6.36. The third kappa shape index (κ3) is 3.88. The standard InChI is InChI=1S/C22H31N3O2/c1-16(26)23-18-8-6-7-17(13-18)20-14-25(19-9-2-3-10-19)15-22(20)12-5-4-11-21(27)24-22/h6-8,13,19-20H,2-5,9-12,14-15H2,1H3,(H,23,26)(H,24,27)/t20-,22+/m0/s1. The quantitative estimate of drug-likeness (QED) is 0.858. The van der Waals surface area contributed by atoms with Gasteiger partial charge in [0.1, 0.15) is 0 Å². The largest absolute Gasteiger partial charge is 0.349 e. The monoisotopic (exact) mass is 369 g/mol. The lowest BCUT2D eigenvalue weighted by Crippen LogP contribution is -2.53. The van der Waals surface area contributed by atoms with Gasteiger partial charge >= 0.3 is 0 Å². The summed E-state index contributed by atoms with van der Waals surface area (Å²) in [6, 6.07) is 8.87. The average molecular weight is 370 g/mol. The van der Waals surface area contributed by atoms with Crippen molar-refractivity contribution >= 4 is 17.5 Å². The summed E-state index contributed by atoms with van der Waals surface area (Å²) in [7, 11) is 0. The second kappa shape index (κ2) is 7.63. The minimum absolute atomic E-state index is 0.0522. The molecule has 2 aliphatic heterocycles. The van der Waals surface area contributed by atoms with E-state index in [4.69, 9.17) is 0 Å². The molecule has 2 saturated heterocycles. The van der Waals surface area contributed by atoms with E-state index in [1.165, 1.54) is 38.2 Å². The topological polar surface area (TPSA) is 61.4 Å². The smallest absolute Gasteiger partial charge is 0.221 e. The molecule has 1 aliphatic carbocycles. The number of carbonyl (C=O) groups excluding carboxylic acids is 2. The Bertz CT molecular complexity index is 713. The van der Waals surface area contributed by atoms with E-state index in [-0.39, 0.29) is 23.3 Å². The number of benzene rings is 1. The fraction of sp³-hybridized carbons (Fsp3) is 0.636. The van der Waals surface area contributed by atoms with Crippen molar-refractivity contribution in [2.45, 2.75) is 75.8 Å². The van der Waals surface area contributed by atoms with Crippen molar-refractivity contribution in [3.05, 3.63) is 29.8 Å². The molecular formula is C22H31N3O2. The van der Waals surface area contributed by atoms with Gasteiger partial charge in [0.25, 0.3) is 0 Å². The number of rotatable bonds is 3. The highest BCUT2D eigenvalue weighted by Gasteiger charge is 2.50. The molecule has 0 radical (unpaired) electrons. The van der Waals surface area contributed by atoms with E-state index >= 15 is 0 Å². The molecule has 5 heteroatoms. The zero-order chi connectivity index (χ0) is 18.9. The molecular weight excluding hydrogens is 338 g/mol. The number of carbonyl (C=O) groups is 2. The van der Waals surface area contributed by atoms with E-state index in [0.717, 1.165) is 38.0 Å². The third-order valence-corrected chi connectivity index (χ3v) is 6.68. The maximum absolute atomic E-state index is 12.5. The predicted molar refractivity (Wildman–Crippen MR) is 107 cm³/mol. The molecule has 5 nitrogen and oxygen atoms in total. The number of nitrogens with one attached hydrogen (secondary N) is 2. The summed E-state index contributed by atoms with van der Waals surface area (Å²) in [6.07, 6.45) is 8.97. The van der Waals surface area contributed by atoms with Crippen LogP contribution in [0.5, 0.6) is 0 Å². The van der Waals surface area contributed by atoms with Gasteiger partial charge in [-0.3, -0.25) is 14.5 Å². The van der Waals surface area contributed by atoms with Crippen LogP contribution in [0.15, 0.2) is 24.3 Å². The Hall–Kier alpha value is -1.88. The van der Waals surface area contributed by atoms with Crippen molar-refractivity contribution in [3.8, 4) is 0 Å². The average Bonchev–Trinajstić information content (AvgIpc) is 3.22. The second-order valence-electron chi connectivity index (χ2n) is 8.64. The van der Waals surface area contributed by atoms with Gasteiger partial charge in [-0.1, -0.05) is 31.4 Å². The van der Waals surface area contributed by atoms with Crippen LogP contribution in [0.1, 0.15) is 69.8 Å². The van der Waals surface area contributed by atoms with Crippen molar-refractivity contribution in [2.75, 3.05) is 18.4 Å². The molecule has 0 unspecified atom stereocenters. The Balaban J connectivity index is 1.66. The highest BCUT2D eigenvalue weighted by Crippen LogP contribution is 2.43. The fourth-order valence-electron chi connectivity index (χ4n) is 5.46. The Morgan fingerprint density at radius 1 is 1.22 bits per heavy atom. The van der Waals surface area contributed by atoms with Crippen LogP contribution in [0, 0.1) is 0 Å². The molecule has 0 bridgehead atoms. The van der Waals surface area contributed by atoms with Gasteiger partial charge < -0.3 is 10.6 Å². The zero-order valence-electron chi connectivity index (χ0n) is 16.3. The highest BCUT2D eigenvalue weighted by molar-refractivity contribution is 5.88. The first-order chi connectivity index (χ1) is 13.1. The number of nitrogens with zero attached hydrogens (tertiary/aromatic N) is 1. The number of hydrogen-bond donors (Lipinski definition) is 2. The summed E-state index contributed by atoms with van der Waals surface area (Å²) in [4.78, 5) is 26.6. The predicted octanol–water partition coefficient (Wildman–Crippen LogP) is 3.42. The van der Waals surface area contributed by atoms with E-state index in [1.54, 1.807) is 0 Å². The molecule has 1 spiro atoms. The van der Waals surface area contributed by atoms with Crippen LogP contribution in [-0.4, -0.2) is 41.4 Å². The SMILES string of the molecule is CC(=O)Nc1cccc([C@@H]2CN(C3CCCC3)C[C@]23CCCCC(=O)N3)c1. The number of amides is 2. The third-order valence-electron chi connectivity index (χ3n) is 6.68. The summed E-state index contributed by atoms with van der Waals surface area (Å²) >= 11 is 0. The van der Waals surface area contributed by atoms with Crippen LogP contribution >= 0.6 is 0 Å². The van der Waals surface area contributed by atoms with Crippen LogP contribution in [0.25, 0.3) is 0 Å². The highest BCUT2D eigenvalue weighted by atomic mass is 16.2. The molecule has 1 aromatic rings. The molecule has 2 amide bonds. The van der Waals surface area contributed by atoms with Gasteiger partial charge in [0.05, 0.1) is 5.54 Å². The van der Waals surface area contributed by atoms with Gasteiger partial charge in [0, 0.05) is 44.1 Å². The normalized spacial score (nSPS) is 29.7. The molecule has 2 heterocycles. The van der Waals surface area contributed by atoms with Crippen molar-refractivity contribution in [1.29, 1.82) is 0 Å². The first-order valence-electron chi connectivity index (χ1n) is 10.5. The van der Waals surface area contributed by atoms with Gasteiger partial charge in [-0.25, -0.2) is 0 Å². The molecule has 146 valence electrons. The maximum atomic E-state index is 12.5. The van der Waals surface area contributed by atoms with Crippen LogP contribution in [0.4, 0.5) is 5.69 Å². The lowest BCUT2D eigenvalue weighted by atomic mass is 9.79. The summed E-state index contributed by atoms with van der Waals surface area (Å²) in [5.74, 6) is 0.418. The van der Waals surface area contributed by atoms with Crippen molar-refractivity contribution in [1.82, 2.24) is 10.2 Å². The first kappa shape index (κ1) is 18.5. The second-order valence-corrected chi connectivity index (χ2v) is 8.64. The van der Waals surface area contributed by atoms with E-state index in [1.807, 2.05) is 12.1 Å². The van der Waals surface area contributed by atoms with E-state index in [0.29, 0.717) is 12.5 Å².